The summed E-state index contributed by atoms with van der Waals surface area (Å²) < 4.78 is 27.1. The molecular weight excluding hydrogens is 424 g/mol. The Hall–Kier alpha value is -2.16. The van der Waals surface area contributed by atoms with Gasteiger partial charge in [0.15, 0.2) is 0 Å². The third kappa shape index (κ3) is 4.45. The lowest BCUT2D eigenvalue weighted by Gasteiger charge is -2.17. The second-order valence-electron chi connectivity index (χ2n) is 7.65. The van der Waals surface area contributed by atoms with Crippen molar-refractivity contribution in [2.45, 2.75) is 37.1 Å². The minimum Gasteiger partial charge on any atom is -0.357 e. The fourth-order valence-corrected chi connectivity index (χ4v) is 5.63. The van der Waals surface area contributed by atoms with Gasteiger partial charge in [0.05, 0.1) is 15.5 Å². The number of amides is 1. The molecule has 4 rings (SSSR count). The molecule has 30 heavy (non-hydrogen) atoms. The number of aromatic nitrogens is 1. The van der Waals surface area contributed by atoms with Crippen molar-refractivity contribution < 1.29 is 13.2 Å². The Bertz CT molecular complexity index is 1030. The van der Waals surface area contributed by atoms with Crippen LogP contribution in [0.15, 0.2) is 41.4 Å². The minimum absolute atomic E-state index is 0.0965. The molecule has 2 aliphatic rings. The second-order valence-corrected chi connectivity index (χ2v) is 10.00. The first-order chi connectivity index (χ1) is 14.4. The summed E-state index contributed by atoms with van der Waals surface area (Å²) >= 11 is 6.21. The van der Waals surface area contributed by atoms with Gasteiger partial charge in [-0.3, -0.25) is 4.79 Å². The Labute approximate surface area is 182 Å². The first-order valence-corrected chi connectivity index (χ1v) is 12.0. The van der Waals surface area contributed by atoms with E-state index in [9.17, 15) is 13.2 Å². The Balaban J connectivity index is 1.48. The van der Waals surface area contributed by atoms with Crippen LogP contribution in [0.5, 0.6) is 0 Å². The zero-order chi connectivity index (χ0) is 21.1. The number of carbonyl (C=O) groups is 1. The highest BCUT2D eigenvalue weighted by Gasteiger charge is 2.28. The quantitative estimate of drug-likeness (QED) is 0.734. The maximum atomic E-state index is 12.8. The van der Waals surface area contributed by atoms with Crippen LogP contribution in [0.3, 0.4) is 0 Å². The highest BCUT2D eigenvalue weighted by Crippen LogP contribution is 2.25. The van der Waals surface area contributed by atoms with Crippen LogP contribution in [-0.4, -0.2) is 49.8 Å². The summed E-state index contributed by atoms with van der Waals surface area (Å²) in [5.41, 5.74) is 1.09. The maximum absolute atomic E-state index is 12.8. The first-order valence-electron chi connectivity index (χ1n) is 10.2. The van der Waals surface area contributed by atoms with Crippen molar-refractivity contribution in [3.63, 3.8) is 0 Å². The zero-order valence-corrected chi connectivity index (χ0v) is 18.3. The predicted molar refractivity (Wildman–Crippen MR) is 116 cm³/mol. The number of pyridine rings is 1. The van der Waals surface area contributed by atoms with Gasteiger partial charge in [-0.15, -0.1) is 0 Å². The average Bonchev–Trinajstić information content (AvgIpc) is 3.47. The van der Waals surface area contributed by atoms with E-state index < -0.39 is 15.9 Å². The fourth-order valence-electron chi connectivity index (χ4n) is 3.88. The average molecular weight is 449 g/mol. The summed E-state index contributed by atoms with van der Waals surface area (Å²) in [5, 5.41) is 3.07. The summed E-state index contributed by atoms with van der Waals surface area (Å²) in [5.74, 6) is 0.508. The van der Waals surface area contributed by atoms with E-state index in [1.807, 2.05) is 12.1 Å². The van der Waals surface area contributed by atoms with Crippen LogP contribution in [0.1, 0.15) is 41.6 Å². The zero-order valence-electron chi connectivity index (χ0n) is 16.7. The molecule has 0 saturated carbocycles. The van der Waals surface area contributed by atoms with Gasteiger partial charge in [0, 0.05) is 38.9 Å². The molecule has 160 valence electrons. The van der Waals surface area contributed by atoms with Gasteiger partial charge in [0.25, 0.3) is 5.91 Å². The predicted octanol–water partition coefficient (Wildman–Crippen LogP) is 3.05. The van der Waals surface area contributed by atoms with E-state index in [-0.39, 0.29) is 15.5 Å². The molecule has 1 aromatic carbocycles. The van der Waals surface area contributed by atoms with Gasteiger partial charge < -0.3 is 10.2 Å². The summed E-state index contributed by atoms with van der Waals surface area (Å²) in [6, 6.07) is 8.13. The summed E-state index contributed by atoms with van der Waals surface area (Å²) in [7, 11) is -3.61. The largest absolute Gasteiger partial charge is 0.357 e. The normalized spacial score (nSPS) is 17.4. The maximum Gasteiger partial charge on any atom is 0.253 e. The van der Waals surface area contributed by atoms with E-state index in [2.05, 4.69) is 15.2 Å². The Kier molecular flexibility index (Phi) is 6.26. The fraction of sp³-hybridized carbons (Fsp3) is 0.429. The van der Waals surface area contributed by atoms with E-state index in [1.54, 1.807) is 6.20 Å². The van der Waals surface area contributed by atoms with Crippen molar-refractivity contribution in [3.05, 3.63) is 52.7 Å². The Morgan fingerprint density at radius 1 is 1.03 bits per heavy atom. The number of nitrogens with one attached hydrogen (secondary N) is 1. The standard InChI is InChI=1S/C21H25ClN4O3S/c22-19-6-5-17(30(28,29)26-11-3-4-12-26)14-18(19)21(27)24-15-16-7-8-23-20(13-16)25-9-1-2-10-25/h5-8,13-14H,1-4,9-12,15H2,(H,24,27). The monoisotopic (exact) mass is 448 g/mol. The molecule has 1 amide bonds. The van der Waals surface area contributed by atoms with Gasteiger partial charge in [-0.05, 0) is 61.6 Å². The van der Waals surface area contributed by atoms with Crippen LogP contribution in [-0.2, 0) is 16.6 Å². The van der Waals surface area contributed by atoms with Gasteiger partial charge >= 0.3 is 0 Å². The number of benzene rings is 1. The molecule has 1 N–H and O–H groups in total. The molecule has 2 aromatic rings. The number of nitrogens with zero attached hydrogens (tertiary/aromatic N) is 3. The molecule has 2 aliphatic heterocycles. The van der Waals surface area contributed by atoms with E-state index >= 15 is 0 Å². The van der Waals surface area contributed by atoms with Crippen LogP contribution in [0, 0.1) is 0 Å². The highest BCUT2D eigenvalue weighted by atomic mass is 35.5. The lowest BCUT2D eigenvalue weighted by atomic mass is 10.2. The third-order valence-corrected chi connectivity index (χ3v) is 7.80. The van der Waals surface area contributed by atoms with Crippen molar-refractivity contribution in [2.24, 2.45) is 0 Å². The lowest BCUT2D eigenvalue weighted by molar-refractivity contribution is 0.0951. The molecular formula is C21H25ClN4O3S. The van der Waals surface area contributed by atoms with E-state index in [0.29, 0.717) is 19.6 Å². The molecule has 0 spiro atoms. The molecule has 0 unspecified atom stereocenters. The van der Waals surface area contributed by atoms with Crippen molar-refractivity contribution in [2.75, 3.05) is 31.1 Å². The van der Waals surface area contributed by atoms with Crippen LogP contribution in [0.4, 0.5) is 5.82 Å². The summed E-state index contributed by atoms with van der Waals surface area (Å²) in [6.07, 6.45) is 5.78. The Morgan fingerprint density at radius 3 is 2.47 bits per heavy atom. The highest BCUT2D eigenvalue weighted by molar-refractivity contribution is 7.89. The Morgan fingerprint density at radius 2 is 1.73 bits per heavy atom. The number of hydrogen-bond donors (Lipinski definition) is 1. The number of halogens is 1. The number of anilines is 1. The first kappa shape index (κ1) is 21.1. The molecule has 2 fully saturated rings. The molecule has 9 heteroatoms. The van der Waals surface area contributed by atoms with Crippen LogP contribution < -0.4 is 10.2 Å². The molecule has 0 bridgehead atoms. The van der Waals surface area contributed by atoms with Crippen molar-refractivity contribution >= 4 is 33.3 Å². The number of sulfonamides is 1. The van der Waals surface area contributed by atoms with Crippen LogP contribution >= 0.6 is 11.6 Å². The van der Waals surface area contributed by atoms with Gasteiger partial charge in [-0.2, -0.15) is 4.31 Å². The lowest BCUT2D eigenvalue weighted by Crippen LogP contribution is -2.28. The van der Waals surface area contributed by atoms with Crippen molar-refractivity contribution in [1.82, 2.24) is 14.6 Å². The van der Waals surface area contributed by atoms with Crippen LogP contribution in [0.25, 0.3) is 0 Å². The van der Waals surface area contributed by atoms with E-state index in [0.717, 1.165) is 50.2 Å². The smallest absolute Gasteiger partial charge is 0.253 e. The molecule has 3 heterocycles. The third-order valence-electron chi connectivity index (χ3n) is 5.58. The second kappa shape index (κ2) is 8.91. The van der Waals surface area contributed by atoms with Crippen molar-refractivity contribution in [3.8, 4) is 0 Å². The van der Waals surface area contributed by atoms with Gasteiger partial charge in [0.1, 0.15) is 5.82 Å². The van der Waals surface area contributed by atoms with E-state index in [1.165, 1.54) is 22.5 Å². The molecule has 0 atom stereocenters. The number of hydrogen-bond acceptors (Lipinski definition) is 5. The minimum atomic E-state index is -3.61. The molecule has 0 aliphatic carbocycles. The summed E-state index contributed by atoms with van der Waals surface area (Å²) in [6.45, 7) is 3.32. The number of carbonyl (C=O) groups excluding carboxylic acids is 1. The molecule has 2 saturated heterocycles. The number of rotatable bonds is 6. The topological polar surface area (TPSA) is 82.6 Å². The van der Waals surface area contributed by atoms with E-state index in [4.69, 9.17) is 11.6 Å². The SMILES string of the molecule is O=C(NCc1ccnc(N2CCCC2)c1)c1cc(S(=O)(=O)N2CCCC2)ccc1Cl. The molecule has 7 nitrogen and oxygen atoms in total. The molecule has 1 aromatic heterocycles. The van der Waals surface area contributed by atoms with Gasteiger partial charge in [-0.25, -0.2) is 13.4 Å². The summed E-state index contributed by atoms with van der Waals surface area (Å²) in [4.78, 5) is 19.5. The van der Waals surface area contributed by atoms with Crippen LogP contribution in [0.2, 0.25) is 5.02 Å². The van der Waals surface area contributed by atoms with Gasteiger partial charge in [-0.1, -0.05) is 11.6 Å². The molecule has 0 radical (unpaired) electrons. The van der Waals surface area contributed by atoms with Crippen molar-refractivity contribution in [1.29, 1.82) is 0 Å². The van der Waals surface area contributed by atoms with Gasteiger partial charge in [0.2, 0.25) is 10.0 Å².